The van der Waals surface area contributed by atoms with Gasteiger partial charge in [0, 0.05) is 31.0 Å². The monoisotopic (exact) mass is 344 g/mol. The SMILES string of the molecule is CCCc1oncc1C(=O)N1CC[C@H](c2cc(OC)ccc2OC)C1. The van der Waals surface area contributed by atoms with Gasteiger partial charge in [0.15, 0.2) is 0 Å². The molecule has 0 radical (unpaired) electrons. The molecule has 25 heavy (non-hydrogen) atoms. The summed E-state index contributed by atoms with van der Waals surface area (Å²) in [6, 6.07) is 5.80. The Labute approximate surface area is 147 Å². The first-order chi connectivity index (χ1) is 12.2. The minimum atomic E-state index is -0.00550. The lowest BCUT2D eigenvalue weighted by atomic mass is 9.97. The minimum absolute atomic E-state index is 0.00550. The van der Waals surface area contributed by atoms with Crippen LogP contribution < -0.4 is 9.47 Å². The normalized spacial score (nSPS) is 16.9. The molecule has 6 nitrogen and oxygen atoms in total. The van der Waals surface area contributed by atoms with E-state index in [1.54, 1.807) is 14.2 Å². The van der Waals surface area contributed by atoms with Crippen LogP contribution in [0.1, 0.15) is 47.4 Å². The van der Waals surface area contributed by atoms with Crippen LogP contribution in [0.5, 0.6) is 11.5 Å². The molecule has 1 saturated heterocycles. The van der Waals surface area contributed by atoms with E-state index >= 15 is 0 Å². The molecule has 1 amide bonds. The van der Waals surface area contributed by atoms with Crippen LogP contribution in [0.4, 0.5) is 0 Å². The Balaban J connectivity index is 1.77. The number of carbonyl (C=O) groups is 1. The molecule has 1 fully saturated rings. The molecule has 0 spiro atoms. The van der Waals surface area contributed by atoms with E-state index in [0.717, 1.165) is 36.3 Å². The van der Waals surface area contributed by atoms with Gasteiger partial charge in [-0.15, -0.1) is 0 Å². The third-order valence-electron chi connectivity index (χ3n) is 4.70. The lowest BCUT2D eigenvalue weighted by Crippen LogP contribution is -2.28. The predicted octanol–water partition coefficient (Wildman–Crippen LogP) is 3.27. The van der Waals surface area contributed by atoms with E-state index in [1.807, 2.05) is 23.1 Å². The molecule has 6 heteroatoms. The van der Waals surface area contributed by atoms with Gasteiger partial charge in [0.25, 0.3) is 5.91 Å². The van der Waals surface area contributed by atoms with Gasteiger partial charge < -0.3 is 18.9 Å². The molecule has 3 rings (SSSR count). The van der Waals surface area contributed by atoms with Gasteiger partial charge in [-0.2, -0.15) is 0 Å². The number of rotatable bonds is 6. The maximum atomic E-state index is 12.8. The molecule has 0 unspecified atom stereocenters. The fourth-order valence-corrected chi connectivity index (χ4v) is 3.37. The van der Waals surface area contributed by atoms with Gasteiger partial charge in [0.1, 0.15) is 22.8 Å². The highest BCUT2D eigenvalue weighted by molar-refractivity contribution is 5.95. The first-order valence-corrected chi connectivity index (χ1v) is 8.62. The second-order valence-corrected chi connectivity index (χ2v) is 6.26. The number of ether oxygens (including phenoxy) is 2. The summed E-state index contributed by atoms with van der Waals surface area (Å²) in [5, 5.41) is 3.80. The van der Waals surface area contributed by atoms with Crippen molar-refractivity contribution in [2.45, 2.75) is 32.1 Å². The molecular weight excluding hydrogens is 320 g/mol. The van der Waals surface area contributed by atoms with Gasteiger partial charge in [0.05, 0.1) is 20.4 Å². The van der Waals surface area contributed by atoms with Gasteiger partial charge in [-0.1, -0.05) is 12.1 Å². The van der Waals surface area contributed by atoms with Crippen molar-refractivity contribution in [3.8, 4) is 11.5 Å². The maximum absolute atomic E-state index is 12.8. The number of amides is 1. The number of aryl methyl sites for hydroxylation is 1. The van der Waals surface area contributed by atoms with Gasteiger partial charge in [0.2, 0.25) is 0 Å². The minimum Gasteiger partial charge on any atom is -0.497 e. The van der Waals surface area contributed by atoms with Crippen LogP contribution in [-0.2, 0) is 6.42 Å². The smallest absolute Gasteiger partial charge is 0.259 e. The quantitative estimate of drug-likeness (QED) is 0.805. The highest BCUT2D eigenvalue weighted by atomic mass is 16.5. The molecule has 1 aromatic heterocycles. The van der Waals surface area contributed by atoms with E-state index in [-0.39, 0.29) is 11.8 Å². The Morgan fingerprint density at radius 3 is 2.92 bits per heavy atom. The summed E-state index contributed by atoms with van der Waals surface area (Å²) in [5.41, 5.74) is 1.66. The second kappa shape index (κ2) is 7.59. The van der Waals surface area contributed by atoms with Crippen molar-refractivity contribution in [1.29, 1.82) is 0 Å². The highest BCUT2D eigenvalue weighted by Crippen LogP contribution is 2.36. The van der Waals surface area contributed by atoms with Crippen LogP contribution >= 0.6 is 0 Å². The van der Waals surface area contributed by atoms with E-state index in [4.69, 9.17) is 14.0 Å². The molecule has 2 aromatic rings. The topological polar surface area (TPSA) is 64.8 Å². The second-order valence-electron chi connectivity index (χ2n) is 6.26. The summed E-state index contributed by atoms with van der Waals surface area (Å²) in [6.45, 7) is 3.41. The fourth-order valence-electron chi connectivity index (χ4n) is 3.37. The van der Waals surface area contributed by atoms with E-state index < -0.39 is 0 Å². The molecule has 1 aliphatic heterocycles. The number of hydrogen-bond donors (Lipinski definition) is 0. The number of nitrogens with zero attached hydrogens (tertiary/aromatic N) is 2. The molecule has 2 heterocycles. The van der Waals surface area contributed by atoms with Crippen LogP contribution in [0.3, 0.4) is 0 Å². The molecular formula is C19H24N2O4. The maximum Gasteiger partial charge on any atom is 0.259 e. The largest absolute Gasteiger partial charge is 0.497 e. The lowest BCUT2D eigenvalue weighted by Gasteiger charge is -2.18. The average molecular weight is 344 g/mol. The average Bonchev–Trinajstić information content (AvgIpc) is 3.30. The number of likely N-dealkylation sites (tertiary alicyclic amines) is 1. The standard InChI is InChI=1S/C19H24N2O4/c1-4-5-18-16(11-20-25-18)19(22)21-9-8-13(12-21)15-10-14(23-2)6-7-17(15)24-3/h6-7,10-11,13H,4-5,8-9,12H2,1-3H3/t13-/m0/s1. The number of benzene rings is 1. The van der Waals surface area contributed by atoms with Crippen molar-refractivity contribution in [3.63, 3.8) is 0 Å². The Morgan fingerprint density at radius 2 is 2.20 bits per heavy atom. The van der Waals surface area contributed by atoms with Crippen LogP contribution in [0.25, 0.3) is 0 Å². The predicted molar refractivity (Wildman–Crippen MR) is 93.3 cm³/mol. The van der Waals surface area contributed by atoms with Crippen LogP contribution in [0.2, 0.25) is 0 Å². The van der Waals surface area contributed by atoms with Crippen molar-refractivity contribution >= 4 is 5.91 Å². The molecule has 1 aliphatic rings. The third-order valence-corrected chi connectivity index (χ3v) is 4.70. The molecule has 1 atom stereocenters. The number of hydrogen-bond acceptors (Lipinski definition) is 5. The zero-order chi connectivity index (χ0) is 17.8. The van der Waals surface area contributed by atoms with Crippen molar-refractivity contribution < 1.29 is 18.8 Å². The summed E-state index contributed by atoms with van der Waals surface area (Å²) < 4.78 is 16.1. The van der Waals surface area contributed by atoms with Crippen molar-refractivity contribution in [2.24, 2.45) is 0 Å². The van der Waals surface area contributed by atoms with Gasteiger partial charge >= 0.3 is 0 Å². The number of carbonyl (C=O) groups excluding carboxylic acids is 1. The molecule has 0 bridgehead atoms. The van der Waals surface area contributed by atoms with Gasteiger partial charge in [-0.25, -0.2) is 0 Å². The summed E-state index contributed by atoms with van der Waals surface area (Å²) >= 11 is 0. The number of methoxy groups -OCH3 is 2. The van der Waals surface area contributed by atoms with E-state index in [0.29, 0.717) is 24.4 Å². The van der Waals surface area contributed by atoms with Crippen molar-refractivity contribution in [3.05, 3.63) is 41.3 Å². The van der Waals surface area contributed by atoms with Gasteiger partial charge in [-0.3, -0.25) is 4.79 Å². The molecule has 0 aliphatic carbocycles. The molecule has 134 valence electrons. The van der Waals surface area contributed by atoms with Crippen molar-refractivity contribution in [2.75, 3.05) is 27.3 Å². The summed E-state index contributed by atoms with van der Waals surface area (Å²) in [7, 11) is 3.31. The Hall–Kier alpha value is -2.50. The zero-order valence-corrected chi connectivity index (χ0v) is 14.9. The summed E-state index contributed by atoms with van der Waals surface area (Å²) in [4.78, 5) is 14.7. The highest BCUT2D eigenvalue weighted by Gasteiger charge is 2.31. The molecule has 1 aromatic carbocycles. The molecule has 0 N–H and O–H groups in total. The number of aromatic nitrogens is 1. The summed E-state index contributed by atoms with van der Waals surface area (Å²) in [5.74, 6) is 2.52. The van der Waals surface area contributed by atoms with Crippen LogP contribution in [0.15, 0.2) is 28.9 Å². The Kier molecular flexibility index (Phi) is 5.26. The first kappa shape index (κ1) is 17.3. The van der Waals surface area contributed by atoms with E-state index in [9.17, 15) is 4.79 Å². The third kappa shape index (κ3) is 3.48. The van der Waals surface area contributed by atoms with Crippen LogP contribution in [-0.4, -0.2) is 43.3 Å². The van der Waals surface area contributed by atoms with Crippen LogP contribution in [0, 0.1) is 0 Å². The van der Waals surface area contributed by atoms with Crippen molar-refractivity contribution in [1.82, 2.24) is 10.1 Å². The Bertz CT molecular complexity index is 741. The Morgan fingerprint density at radius 1 is 1.36 bits per heavy atom. The zero-order valence-electron chi connectivity index (χ0n) is 14.9. The van der Waals surface area contributed by atoms with E-state index in [1.165, 1.54) is 6.20 Å². The lowest BCUT2D eigenvalue weighted by molar-refractivity contribution is 0.0788. The molecule has 0 saturated carbocycles. The first-order valence-electron chi connectivity index (χ1n) is 8.62. The fraction of sp³-hybridized carbons (Fsp3) is 0.474. The van der Waals surface area contributed by atoms with Gasteiger partial charge in [-0.05, 0) is 31.0 Å². The van der Waals surface area contributed by atoms with E-state index in [2.05, 4.69) is 12.1 Å². The summed E-state index contributed by atoms with van der Waals surface area (Å²) in [6.07, 6.45) is 4.07.